The smallest absolute Gasteiger partial charge is 0.231 e. The molecule has 2 nitrogen and oxygen atoms in total. The summed E-state index contributed by atoms with van der Waals surface area (Å²) in [4.78, 5) is 11.7. The van der Waals surface area contributed by atoms with E-state index < -0.39 is 0 Å². The van der Waals surface area contributed by atoms with Gasteiger partial charge in [-0.25, -0.2) is 0 Å². The van der Waals surface area contributed by atoms with Crippen molar-refractivity contribution in [3.05, 3.63) is 70.8 Å². The molecule has 0 spiro atoms. The SMILES string of the molecule is Cc1ccc(C(NC(=O)CBr)c2ccc(C)cc2)cc1. The molecular weight excluding hydrogens is 314 g/mol. The summed E-state index contributed by atoms with van der Waals surface area (Å²) in [5.41, 5.74) is 4.61. The van der Waals surface area contributed by atoms with E-state index in [9.17, 15) is 4.79 Å². The Bertz CT molecular complexity index is 529. The minimum absolute atomic E-state index is 0.0175. The molecule has 0 aliphatic heterocycles. The molecule has 2 aromatic rings. The number of carbonyl (C=O) groups is 1. The van der Waals surface area contributed by atoms with Gasteiger partial charge in [-0.05, 0) is 25.0 Å². The summed E-state index contributed by atoms with van der Waals surface area (Å²) in [6.07, 6.45) is 0. The lowest BCUT2D eigenvalue weighted by Gasteiger charge is -2.20. The van der Waals surface area contributed by atoms with Crippen LogP contribution in [-0.4, -0.2) is 11.2 Å². The molecule has 0 saturated carbocycles. The summed E-state index contributed by atoms with van der Waals surface area (Å²) in [6, 6.07) is 16.4. The number of rotatable bonds is 4. The van der Waals surface area contributed by atoms with Gasteiger partial charge in [-0.2, -0.15) is 0 Å². The molecule has 0 saturated heterocycles. The van der Waals surface area contributed by atoms with Crippen LogP contribution in [0.4, 0.5) is 0 Å². The van der Waals surface area contributed by atoms with Crippen LogP contribution in [-0.2, 0) is 4.79 Å². The van der Waals surface area contributed by atoms with Gasteiger partial charge in [-0.15, -0.1) is 0 Å². The fourth-order valence-corrected chi connectivity index (χ4v) is 2.24. The first-order valence-electron chi connectivity index (χ1n) is 6.58. The standard InChI is InChI=1S/C17H18BrNO/c1-12-3-7-14(8-4-12)17(19-16(20)11-18)15-9-5-13(2)6-10-15/h3-10,17H,11H2,1-2H3,(H,19,20). The van der Waals surface area contributed by atoms with E-state index in [0.29, 0.717) is 5.33 Å². The lowest BCUT2D eigenvalue weighted by molar-refractivity contribution is -0.118. The van der Waals surface area contributed by atoms with Gasteiger partial charge >= 0.3 is 0 Å². The molecule has 0 unspecified atom stereocenters. The zero-order valence-corrected chi connectivity index (χ0v) is 13.3. The second-order valence-corrected chi connectivity index (χ2v) is 5.52. The highest BCUT2D eigenvalue weighted by molar-refractivity contribution is 9.09. The Kier molecular flexibility index (Phi) is 4.96. The third-order valence-electron chi connectivity index (χ3n) is 3.25. The summed E-state index contributed by atoms with van der Waals surface area (Å²) in [7, 11) is 0. The monoisotopic (exact) mass is 331 g/mol. The molecular formula is C17H18BrNO. The molecule has 1 amide bonds. The van der Waals surface area contributed by atoms with Gasteiger partial charge in [0.1, 0.15) is 0 Å². The van der Waals surface area contributed by atoms with Crippen molar-refractivity contribution in [2.75, 3.05) is 5.33 Å². The van der Waals surface area contributed by atoms with E-state index >= 15 is 0 Å². The van der Waals surface area contributed by atoms with Gasteiger partial charge in [0.2, 0.25) is 5.91 Å². The minimum Gasteiger partial charge on any atom is -0.344 e. The van der Waals surface area contributed by atoms with Crippen LogP contribution in [0.15, 0.2) is 48.5 Å². The van der Waals surface area contributed by atoms with Gasteiger partial charge in [0.05, 0.1) is 11.4 Å². The van der Waals surface area contributed by atoms with E-state index in [1.807, 2.05) is 0 Å². The molecule has 1 N–H and O–H groups in total. The zero-order chi connectivity index (χ0) is 14.5. The number of carbonyl (C=O) groups excluding carboxylic acids is 1. The van der Waals surface area contributed by atoms with Crippen molar-refractivity contribution in [3.63, 3.8) is 0 Å². The average molecular weight is 332 g/mol. The van der Waals surface area contributed by atoms with Crippen LogP contribution in [0.1, 0.15) is 28.3 Å². The second kappa shape index (κ2) is 6.71. The summed E-state index contributed by atoms with van der Waals surface area (Å²) >= 11 is 3.20. The Labute approximate surface area is 128 Å². The van der Waals surface area contributed by atoms with E-state index in [0.717, 1.165) is 11.1 Å². The molecule has 0 aromatic heterocycles. The predicted octanol–water partition coefficient (Wildman–Crippen LogP) is 3.90. The van der Waals surface area contributed by atoms with Crippen molar-refractivity contribution in [1.29, 1.82) is 0 Å². The Morgan fingerprint density at radius 3 is 1.70 bits per heavy atom. The van der Waals surface area contributed by atoms with Gasteiger partial charge in [-0.3, -0.25) is 4.79 Å². The van der Waals surface area contributed by atoms with Crippen LogP contribution in [0.3, 0.4) is 0 Å². The third kappa shape index (κ3) is 3.70. The van der Waals surface area contributed by atoms with Crippen LogP contribution in [0.5, 0.6) is 0 Å². The molecule has 3 heteroatoms. The minimum atomic E-state index is -0.110. The molecule has 0 aliphatic rings. The average Bonchev–Trinajstić information content (AvgIpc) is 2.46. The van der Waals surface area contributed by atoms with Gasteiger partial charge in [0.25, 0.3) is 0 Å². The molecule has 0 radical (unpaired) electrons. The number of hydrogen-bond donors (Lipinski definition) is 1. The summed E-state index contributed by atoms with van der Waals surface area (Å²) in [5, 5.41) is 3.36. The first-order valence-corrected chi connectivity index (χ1v) is 7.71. The number of alkyl halides is 1. The molecule has 2 rings (SSSR count). The Morgan fingerprint density at radius 2 is 1.35 bits per heavy atom. The number of benzene rings is 2. The third-order valence-corrected chi connectivity index (χ3v) is 3.76. The molecule has 2 aromatic carbocycles. The van der Waals surface area contributed by atoms with Crippen LogP contribution < -0.4 is 5.32 Å². The molecule has 0 bridgehead atoms. The Morgan fingerprint density at radius 1 is 0.950 bits per heavy atom. The van der Waals surface area contributed by atoms with Crippen LogP contribution in [0.25, 0.3) is 0 Å². The number of halogens is 1. The van der Waals surface area contributed by atoms with Gasteiger partial charge in [0, 0.05) is 0 Å². The fourth-order valence-electron chi connectivity index (χ4n) is 2.08. The highest BCUT2D eigenvalue weighted by Crippen LogP contribution is 2.23. The van der Waals surface area contributed by atoms with Crippen molar-refractivity contribution < 1.29 is 4.79 Å². The second-order valence-electron chi connectivity index (χ2n) is 4.96. The maximum atomic E-state index is 11.7. The highest BCUT2D eigenvalue weighted by atomic mass is 79.9. The van der Waals surface area contributed by atoms with Gasteiger partial charge in [0.15, 0.2) is 0 Å². The lowest BCUT2D eigenvalue weighted by atomic mass is 9.97. The van der Waals surface area contributed by atoms with Crippen LogP contribution >= 0.6 is 15.9 Å². The molecule has 0 heterocycles. The molecule has 0 atom stereocenters. The van der Waals surface area contributed by atoms with Crippen LogP contribution in [0, 0.1) is 13.8 Å². The van der Waals surface area contributed by atoms with Crippen molar-refractivity contribution in [3.8, 4) is 0 Å². The van der Waals surface area contributed by atoms with Crippen molar-refractivity contribution in [2.24, 2.45) is 0 Å². The number of aryl methyl sites for hydroxylation is 2. The lowest BCUT2D eigenvalue weighted by Crippen LogP contribution is -2.30. The largest absolute Gasteiger partial charge is 0.344 e. The number of hydrogen-bond acceptors (Lipinski definition) is 1. The van der Waals surface area contributed by atoms with Gasteiger partial charge < -0.3 is 5.32 Å². The first-order chi connectivity index (χ1) is 9.60. The summed E-state index contributed by atoms with van der Waals surface area (Å²) in [6.45, 7) is 4.11. The normalized spacial score (nSPS) is 10.6. The predicted molar refractivity (Wildman–Crippen MR) is 86.1 cm³/mol. The summed E-state index contributed by atoms with van der Waals surface area (Å²) < 4.78 is 0. The quantitative estimate of drug-likeness (QED) is 0.845. The molecule has 0 aliphatic carbocycles. The Balaban J connectivity index is 2.35. The van der Waals surface area contributed by atoms with E-state index in [1.54, 1.807) is 0 Å². The van der Waals surface area contributed by atoms with Gasteiger partial charge in [-0.1, -0.05) is 75.6 Å². The zero-order valence-electron chi connectivity index (χ0n) is 11.7. The molecule has 0 fully saturated rings. The van der Waals surface area contributed by atoms with E-state index in [-0.39, 0.29) is 11.9 Å². The molecule has 104 valence electrons. The summed E-state index contributed by atoms with van der Waals surface area (Å²) in [5.74, 6) is -0.0175. The van der Waals surface area contributed by atoms with E-state index in [4.69, 9.17) is 0 Å². The van der Waals surface area contributed by atoms with Crippen molar-refractivity contribution in [2.45, 2.75) is 19.9 Å². The number of amides is 1. The van der Waals surface area contributed by atoms with Crippen LogP contribution in [0.2, 0.25) is 0 Å². The van der Waals surface area contributed by atoms with Crippen molar-refractivity contribution >= 4 is 21.8 Å². The van der Waals surface area contributed by atoms with E-state index in [2.05, 4.69) is 83.6 Å². The molecule has 20 heavy (non-hydrogen) atoms. The van der Waals surface area contributed by atoms with E-state index in [1.165, 1.54) is 11.1 Å². The Hall–Kier alpha value is -1.61. The fraction of sp³-hybridized carbons (Fsp3) is 0.235. The highest BCUT2D eigenvalue weighted by Gasteiger charge is 2.16. The number of nitrogens with one attached hydrogen (secondary N) is 1. The van der Waals surface area contributed by atoms with Crippen molar-refractivity contribution in [1.82, 2.24) is 5.32 Å². The first kappa shape index (κ1) is 14.8. The maximum absolute atomic E-state index is 11.7. The maximum Gasteiger partial charge on any atom is 0.231 e. The topological polar surface area (TPSA) is 29.1 Å².